The molecule has 0 radical (unpaired) electrons. The van der Waals surface area contributed by atoms with Crippen LogP contribution in [0.4, 0.5) is 10.1 Å². The van der Waals surface area contributed by atoms with Gasteiger partial charge in [-0.1, -0.05) is 6.42 Å². The second kappa shape index (κ2) is 6.07. The fourth-order valence-electron chi connectivity index (χ4n) is 2.49. The molecular formula is C13H19FN2O3S. The van der Waals surface area contributed by atoms with E-state index in [9.17, 15) is 17.9 Å². The summed E-state index contributed by atoms with van der Waals surface area (Å²) in [5.74, 6) is -0.545. The van der Waals surface area contributed by atoms with Crippen LogP contribution in [-0.4, -0.2) is 26.2 Å². The van der Waals surface area contributed by atoms with E-state index in [0.29, 0.717) is 6.42 Å². The van der Waals surface area contributed by atoms with Crippen molar-refractivity contribution < 1.29 is 17.9 Å². The van der Waals surface area contributed by atoms with Crippen LogP contribution >= 0.6 is 0 Å². The summed E-state index contributed by atoms with van der Waals surface area (Å²) in [6.07, 6.45) is 2.74. The molecule has 0 saturated heterocycles. The van der Waals surface area contributed by atoms with Crippen molar-refractivity contribution in [2.24, 2.45) is 5.92 Å². The van der Waals surface area contributed by atoms with Crippen molar-refractivity contribution in [3.63, 3.8) is 0 Å². The van der Waals surface area contributed by atoms with E-state index in [1.807, 2.05) is 0 Å². The predicted octanol–water partition coefficient (Wildman–Crippen LogP) is 1.24. The smallest absolute Gasteiger partial charge is 0.242 e. The average Bonchev–Trinajstić information content (AvgIpc) is 2.39. The largest absolute Gasteiger partial charge is 0.398 e. The Morgan fingerprint density at radius 2 is 2.15 bits per heavy atom. The molecule has 1 aliphatic rings. The second-order valence-electron chi connectivity index (χ2n) is 5.22. The van der Waals surface area contributed by atoms with Crippen molar-refractivity contribution in [2.75, 3.05) is 12.3 Å². The van der Waals surface area contributed by atoms with E-state index in [-0.39, 0.29) is 29.1 Å². The summed E-state index contributed by atoms with van der Waals surface area (Å²) < 4.78 is 39.8. The SMILES string of the molecule is Nc1ccc(F)cc1S(=O)(=O)NCC1CCCC(O)C1. The molecule has 1 saturated carbocycles. The second-order valence-corrected chi connectivity index (χ2v) is 6.96. The number of hydrogen-bond donors (Lipinski definition) is 3. The topological polar surface area (TPSA) is 92.4 Å². The zero-order chi connectivity index (χ0) is 14.8. The quantitative estimate of drug-likeness (QED) is 0.730. The molecule has 1 aliphatic carbocycles. The van der Waals surface area contributed by atoms with Crippen molar-refractivity contribution in [3.05, 3.63) is 24.0 Å². The number of nitrogens with one attached hydrogen (secondary N) is 1. The number of nitrogen functional groups attached to an aromatic ring is 1. The molecule has 0 aromatic heterocycles. The van der Waals surface area contributed by atoms with Gasteiger partial charge in [0.05, 0.1) is 11.8 Å². The number of halogens is 1. The first-order valence-electron chi connectivity index (χ1n) is 6.61. The summed E-state index contributed by atoms with van der Waals surface area (Å²) in [6.45, 7) is 0.231. The number of hydrogen-bond acceptors (Lipinski definition) is 4. The van der Waals surface area contributed by atoms with E-state index in [4.69, 9.17) is 5.73 Å². The number of aliphatic hydroxyl groups excluding tert-OH is 1. The minimum atomic E-state index is -3.83. The van der Waals surface area contributed by atoms with Crippen LogP contribution in [0.25, 0.3) is 0 Å². The molecule has 0 amide bonds. The molecule has 0 heterocycles. The van der Waals surface area contributed by atoms with Gasteiger partial charge in [-0.2, -0.15) is 0 Å². The van der Waals surface area contributed by atoms with Gasteiger partial charge in [0.15, 0.2) is 0 Å². The molecule has 20 heavy (non-hydrogen) atoms. The lowest BCUT2D eigenvalue weighted by Gasteiger charge is -2.25. The summed E-state index contributed by atoms with van der Waals surface area (Å²) >= 11 is 0. The highest BCUT2D eigenvalue weighted by Gasteiger charge is 2.24. The van der Waals surface area contributed by atoms with Crippen LogP contribution in [0.3, 0.4) is 0 Å². The summed E-state index contributed by atoms with van der Waals surface area (Å²) in [5.41, 5.74) is 5.60. The van der Waals surface area contributed by atoms with Gasteiger partial charge in [-0.25, -0.2) is 17.5 Å². The van der Waals surface area contributed by atoms with Gasteiger partial charge < -0.3 is 10.8 Å². The first-order valence-corrected chi connectivity index (χ1v) is 8.09. The molecule has 2 rings (SSSR count). The van der Waals surface area contributed by atoms with Crippen LogP contribution < -0.4 is 10.5 Å². The van der Waals surface area contributed by atoms with E-state index in [1.54, 1.807) is 0 Å². The molecule has 4 N–H and O–H groups in total. The number of aliphatic hydroxyl groups is 1. The van der Waals surface area contributed by atoms with Crippen molar-refractivity contribution in [2.45, 2.75) is 36.7 Å². The highest BCUT2D eigenvalue weighted by Crippen LogP contribution is 2.25. The first kappa shape index (κ1) is 15.2. The van der Waals surface area contributed by atoms with Gasteiger partial charge in [0.25, 0.3) is 0 Å². The monoisotopic (exact) mass is 302 g/mol. The maximum atomic E-state index is 13.1. The number of anilines is 1. The van der Waals surface area contributed by atoms with Crippen LogP contribution in [0, 0.1) is 11.7 Å². The Morgan fingerprint density at radius 3 is 2.85 bits per heavy atom. The first-order chi connectivity index (χ1) is 9.38. The Hall–Kier alpha value is -1.18. The maximum Gasteiger partial charge on any atom is 0.242 e. The molecule has 1 aromatic carbocycles. The fourth-order valence-corrected chi connectivity index (χ4v) is 3.75. The third kappa shape index (κ3) is 3.68. The van der Waals surface area contributed by atoms with Gasteiger partial charge in [-0.3, -0.25) is 0 Å². The highest BCUT2D eigenvalue weighted by atomic mass is 32.2. The average molecular weight is 302 g/mol. The Kier molecular flexibility index (Phi) is 4.62. The lowest BCUT2D eigenvalue weighted by molar-refractivity contribution is 0.102. The van der Waals surface area contributed by atoms with Gasteiger partial charge in [-0.05, 0) is 43.4 Å². The van der Waals surface area contributed by atoms with E-state index in [1.165, 1.54) is 6.07 Å². The molecule has 2 atom stereocenters. The Labute approximate surface area is 118 Å². The van der Waals surface area contributed by atoms with Crippen molar-refractivity contribution in [3.8, 4) is 0 Å². The molecular weight excluding hydrogens is 283 g/mol. The van der Waals surface area contributed by atoms with E-state index < -0.39 is 15.8 Å². The summed E-state index contributed by atoms with van der Waals surface area (Å²) in [5, 5.41) is 9.56. The normalized spacial score (nSPS) is 23.7. The summed E-state index contributed by atoms with van der Waals surface area (Å²) in [7, 11) is -3.83. The van der Waals surface area contributed by atoms with Gasteiger partial charge in [0, 0.05) is 6.54 Å². The molecule has 1 aromatic rings. The number of benzene rings is 1. The Bertz CT molecular complexity index is 577. The minimum absolute atomic E-state index is 0.0163. The van der Waals surface area contributed by atoms with Crippen LogP contribution in [0.5, 0.6) is 0 Å². The number of rotatable bonds is 4. The van der Waals surface area contributed by atoms with Crippen molar-refractivity contribution in [1.29, 1.82) is 0 Å². The highest BCUT2D eigenvalue weighted by molar-refractivity contribution is 7.89. The van der Waals surface area contributed by atoms with Crippen LogP contribution in [0.15, 0.2) is 23.1 Å². The third-order valence-electron chi connectivity index (χ3n) is 3.58. The third-order valence-corrected chi connectivity index (χ3v) is 5.06. The van der Waals surface area contributed by atoms with Crippen LogP contribution in [0.2, 0.25) is 0 Å². The van der Waals surface area contributed by atoms with Crippen molar-refractivity contribution >= 4 is 15.7 Å². The summed E-state index contributed by atoms with van der Waals surface area (Å²) in [6, 6.07) is 3.26. The molecule has 0 aliphatic heterocycles. The lowest BCUT2D eigenvalue weighted by atomic mass is 9.87. The molecule has 0 bridgehead atoms. The zero-order valence-electron chi connectivity index (χ0n) is 11.0. The fraction of sp³-hybridized carbons (Fsp3) is 0.538. The molecule has 112 valence electrons. The lowest BCUT2D eigenvalue weighted by Crippen LogP contribution is -2.33. The van der Waals surface area contributed by atoms with Crippen LogP contribution in [-0.2, 0) is 10.0 Å². The Balaban J connectivity index is 2.05. The van der Waals surface area contributed by atoms with Gasteiger partial charge >= 0.3 is 0 Å². The molecule has 0 spiro atoms. The maximum absolute atomic E-state index is 13.1. The molecule has 7 heteroatoms. The van der Waals surface area contributed by atoms with Crippen molar-refractivity contribution in [1.82, 2.24) is 4.72 Å². The van der Waals surface area contributed by atoms with Gasteiger partial charge in [-0.15, -0.1) is 0 Å². The Morgan fingerprint density at radius 1 is 1.40 bits per heavy atom. The predicted molar refractivity (Wildman–Crippen MR) is 74.0 cm³/mol. The van der Waals surface area contributed by atoms with Crippen LogP contribution in [0.1, 0.15) is 25.7 Å². The van der Waals surface area contributed by atoms with Gasteiger partial charge in [0.1, 0.15) is 10.7 Å². The minimum Gasteiger partial charge on any atom is -0.398 e. The van der Waals surface area contributed by atoms with E-state index in [2.05, 4.69) is 4.72 Å². The summed E-state index contributed by atoms with van der Waals surface area (Å²) in [4.78, 5) is -0.242. The molecule has 1 fully saturated rings. The number of nitrogens with two attached hydrogens (primary N) is 1. The van der Waals surface area contributed by atoms with Gasteiger partial charge in [0.2, 0.25) is 10.0 Å². The number of sulfonamides is 1. The standard InChI is InChI=1S/C13H19FN2O3S/c14-10-4-5-12(15)13(7-10)20(18,19)16-8-9-2-1-3-11(17)6-9/h4-5,7,9,11,16-17H,1-3,6,8,15H2. The van der Waals surface area contributed by atoms with E-state index >= 15 is 0 Å². The van der Waals surface area contributed by atoms with E-state index in [0.717, 1.165) is 31.4 Å². The molecule has 2 unspecified atom stereocenters. The molecule has 5 nitrogen and oxygen atoms in total. The zero-order valence-corrected chi connectivity index (χ0v) is 11.9.